The SMILES string of the molecule is COC(=O)c1cc(CNCCCNC(=O)OC(C)(C)C)ccc1N(C)S(C)(=O)=O. The van der Waals surface area contributed by atoms with E-state index in [0.29, 0.717) is 26.1 Å². The molecule has 1 aromatic carbocycles. The Bertz CT molecular complexity index is 818. The highest BCUT2D eigenvalue weighted by atomic mass is 32.2. The molecule has 0 fully saturated rings. The fraction of sp³-hybridized carbons (Fsp3) is 0.579. The fourth-order valence-electron chi connectivity index (χ4n) is 2.37. The highest BCUT2D eigenvalue weighted by molar-refractivity contribution is 7.92. The number of methoxy groups -OCH3 is 1. The van der Waals surface area contributed by atoms with Gasteiger partial charge in [0.25, 0.3) is 0 Å². The standard InChI is InChI=1S/C19H31N3O6S/c1-19(2,3)28-18(24)21-11-7-10-20-13-14-8-9-16(22(4)29(6,25)26)15(12-14)17(23)27-5/h8-9,12,20H,7,10-11,13H2,1-6H3,(H,21,24). The molecule has 0 aromatic heterocycles. The van der Waals surface area contributed by atoms with Crippen LogP contribution >= 0.6 is 0 Å². The zero-order valence-electron chi connectivity index (χ0n) is 17.9. The molecule has 0 heterocycles. The van der Waals surface area contributed by atoms with Crippen LogP contribution in [0.3, 0.4) is 0 Å². The molecule has 0 atom stereocenters. The van der Waals surface area contributed by atoms with Crippen LogP contribution in [0, 0.1) is 0 Å². The summed E-state index contributed by atoms with van der Waals surface area (Å²) in [7, 11) is -0.887. The van der Waals surface area contributed by atoms with Gasteiger partial charge in [0.2, 0.25) is 10.0 Å². The molecule has 0 spiro atoms. The minimum Gasteiger partial charge on any atom is -0.465 e. The number of hydrogen-bond donors (Lipinski definition) is 2. The number of carbonyl (C=O) groups is 2. The number of esters is 1. The first-order valence-corrected chi connectivity index (χ1v) is 11.0. The fourth-order valence-corrected chi connectivity index (χ4v) is 2.89. The minimum absolute atomic E-state index is 0.173. The van der Waals surface area contributed by atoms with Crippen molar-refractivity contribution in [2.24, 2.45) is 0 Å². The molecule has 0 aliphatic heterocycles. The van der Waals surface area contributed by atoms with E-state index in [-0.39, 0.29) is 11.3 Å². The van der Waals surface area contributed by atoms with Gasteiger partial charge in [0.15, 0.2) is 0 Å². The zero-order chi connectivity index (χ0) is 22.2. The molecular weight excluding hydrogens is 398 g/mol. The first-order valence-electron chi connectivity index (χ1n) is 9.18. The maximum atomic E-state index is 12.1. The van der Waals surface area contributed by atoms with Crippen molar-refractivity contribution in [1.82, 2.24) is 10.6 Å². The average molecular weight is 430 g/mol. The summed E-state index contributed by atoms with van der Waals surface area (Å²) >= 11 is 0. The molecule has 0 radical (unpaired) electrons. The van der Waals surface area contributed by atoms with E-state index in [2.05, 4.69) is 10.6 Å². The Morgan fingerprint density at radius 3 is 2.38 bits per heavy atom. The summed E-state index contributed by atoms with van der Waals surface area (Å²) in [5.41, 5.74) is 0.698. The van der Waals surface area contributed by atoms with Crippen molar-refractivity contribution in [1.29, 1.82) is 0 Å². The van der Waals surface area contributed by atoms with Crippen LogP contribution in [-0.4, -0.2) is 59.6 Å². The Hall–Kier alpha value is -2.33. The quantitative estimate of drug-likeness (QED) is 0.455. The molecule has 1 amide bonds. The van der Waals surface area contributed by atoms with Crippen LogP contribution in [0.25, 0.3) is 0 Å². The van der Waals surface area contributed by atoms with E-state index in [1.165, 1.54) is 14.2 Å². The van der Waals surface area contributed by atoms with Crippen molar-refractivity contribution < 1.29 is 27.5 Å². The third-order valence-corrected chi connectivity index (χ3v) is 5.02. The lowest BCUT2D eigenvalue weighted by molar-refractivity contribution is 0.0526. The van der Waals surface area contributed by atoms with Gasteiger partial charge >= 0.3 is 12.1 Å². The summed E-state index contributed by atoms with van der Waals surface area (Å²) in [6.07, 6.45) is 1.30. The Balaban J connectivity index is 2.61. The van der Waals surface area contributed by atoms with Crippen molar-refractivity contribution in [3.05, 3.63) is 29.3 Å². The minimum atomic E-state index is -3.51. The van der Waals surface area contributed by atoms with E-state index in [1.807, 2.05) is 0 Å². The van der Waals surface area contributed by atoms with Gasteiger partial charge in [-0.2, -0.15) is 0 Å². The number of benzene rings is 1. The summed E-state index contributed by atoms with van der Waals surface area (Å²) in [6.45, 7) is 6.97. The Morgan fingerprint density at radius 2 is 1.83 bits per heavy atom. The van der Waals surface area contributed by atoms with Gasteiger partial charge in [0, 0.05) is 20.1 Å². The second-order valence-electron chi connectivity index (χ2n) is 7.53. The van der Waals surface area contributed by atoms with E-state index in [4.69, 9.17) is 9.47 Å². The molecule has 164 valence electrons. The molecule has 1 rings (SSSR count). The van der Waals surface area contributed by atoms with Gasteiger partial charge in [-0.3, -0.25) is 4.31 Å². The van der Waals surface area contributed by atoms with Crippen molar-refractivity contribution in [3.8, 4) is 0 Å². The van der Waals surface area contributed by atoms with Gasteiger partial charge in [0.1, 0.15) is 5.60 Å². The summed E-state index contributed by atoms with van der Waals surface area (Å²) < 4.78 is 34.6. The largest absolute Gasteiger partial charge is 0.465 e. The molecule has 0 bridgehead atoms. The number of carbonyl (C=O) groups excluding carboxylic acids is 2. The second kappa shape index (κ2) is 10.4. The van der Waals surface area contributed by atoms with E-state index in [9.17, 15) is 18.0 Å². The molecule has 0 aliphatic carbocycles. The molecule has 10 heteroatoms. The van der Waals surface area contributed by atoms with Crippen LogP contribution in [0.5, 0.6) is 0 Å². The van der Waals surface area contributed by atoms with Crippen LogP contribution in [0.4, 0.5) is 10.5 Å². The van der Waals surface area contributed by atoms with Crippen molar-refractivity contribution >= 4 is 27.8 Å². The van der Waals surface area contributed by atoms with E-state index in [0.717, 1.165) is 16.1 Å². The van der Waals surface area contributed by atoms with E-state index in [1.54, 1.807) is 39.0 Å². The topological polar surface area (TPSA) is 114 Å². The molecule has 0 aliphatic rings. The third kappa shape index (κ3) is 8.70. The van der Waals surface area contributed by atoms with Gasteiger partial charge < -0.3 is 20.1 Å². The van der Waals surface area contributed by atoms with Crippen molar-refractivity contribution in [2.45, 2.75) is 39.3 Å². The maximum absolute atomic E-state index is 12.1. The normalized spacial score (nSPS) is 11.7. The molecular formula is C19H31N3O6S. The van der Waals surface area contributed by atoms with Gasteiger partial charge in [0.05, 0.1) is 24.6 Å². The summed E-state index contributed by atoms with van der Waals surface area (Å²) in [5, 5.41) is 5.89. The van der Waals surface area contributed by atoms with Gasteiger partial charge in [-0.05, 0) is 51.4 Å². The van der Waals surface area contributed by atoms with Crippen molar-refractivity contribution in [2.75, 3.05) is 37.8 Å². The van der Waals surface area contributed by atoms with E-state index < -0.39 is 27.7 Å². The average Bonchev–Trinajstić information content (AvgIpc) is 2.60. The van der Waals surface area contributed by atoms with Gasteiger partial charge in [-0.1, -0.05) is 6.07 Å². The number of ether oxygens (including phenoxy) is 2. The van der Waals surface area contributed by atoms with Gasteiger partial charge in [-0.15, -0.1) is 0 Å². The smallest absolute Gasteiger partial charge is 0.407 e. The first-order chi connectivity index (χ1) is 13.3. The number of nitrogens with zero attached hydrogens (tertiary/aromatic N) is 1. The lowest BCUT2D eigenvalue weighted by Crippen LogP contribution is -2.33. The number of amides is 1. The summed E-state index contributed by atoms with van der Waals surface area (Å²) in [5.74, 6) is -0.612. The van der Waals surface area contributed by atoms with Crippen LogP contribution in [0.2, 0.25) is 0 Å². The van der Waals surface area contributed by atoms with Crippen LogP contribution < -0.4 is 14.9 Å². The predicted molar refractivity (Wildman–Crippen MR) is 112 cm³/mol. The predicted octanol–water partition coefficient (Wildman–Crippen LogP) is 1.87. The number of nitrogens with one attached hydrogen (secondary N) is 2. The second-order valence-corrected chi connectivity index (χ2v) is 9.55. The first kappa shape index (κ1) is 24.7. The van der Waals surface area contributed by atoms with Crippen molar-refractivity contribution in [3.63, 3.8) is 0 Å². The maximum Gasteiger partial charge on any atom is 0.407 e. The highest BCUT2D eigenvalue weighted by Crippen LogP contribution is 2.24. The van der Waals surface area contributed by atoms with E-state index >= 15 is 0 Å². The molecule has 0 saturated carbocycles. The Morgan fingerprint density at radius 1 is 1.17 bits per heavy atom. The number of anilines is 1. The number of rotatable bonds is 9. The lowest BCUT2D eigenvalue weighted by Gasteiger charge is -2.20. The molecule has 0 unspecified atom stereocenters. The molecule has 0 saturated heterocycles. The number of sulfonamides is 1. The Kier molecular flexibility index (Phi) is 8.90. The number of alkyl carbamates (subject to hydrolysis) is 1. The Labute approximate surface area is 172 Å². The molecule has 9 nitrogen and oxygen atoms in total. The monoisotopic (exact) mass is 429 g/mol. The van der Waals surface area contributed by atoms with Crippen LogP contribution in [0.15, 0.2) is 18.2 Å². The van der Waals surface area contributed by atoms with Crippen LogP contribution in [-0.2, 0) is 26.0 Å². The molecule has 1 aromatic rings. The lowest BCUT2D eigenvalue weighted by atomic mass is 10.1. The van der Waals surface area contributed by atoms with Crippen LogP contribution in [0.1, 0.15) is 43.1 Å². The zero-order valence-corrected chi connectivity index (χ0v) is 18.7. The van der Waals surface area contributed by atoms with Gasteiger partial charge in [-0.25, -0.2) is 18.0 Å². The summed E-state index contributed by atoms with van der Waals surface area (Å²) in [4.78, 5) is 23.6. The summed E-state index contributed by atoms with van der Waals surface area (Å²) in [6, 6.07) is 4.93. The molecule has 2 N–H and O–H groups in total. The number of hydrogen-bond acceptors (Lipinski definition) is 7. The third-order valence-electron chi connectivity index (χ3n) is 3.83. The molecule has 29 heavy (non-hydrogen) atoms. The highest BCUT2D eigenvalue weighted by Gasteiger charge is 2.21.